The molecule has 10 heteroatoms. The molecule has 0 atom stereocenters. The average Bonchev–Trinajstić information content (AvgIpc) is 2.71. The number of nitrogens with one attached hydrogen (secondary N) is 1. The number of nitrogens with zero attached hydrogens (tertiary/aromatic N) is 1. The summed E-state index contributed by atoms with van der Waals surface area (Å²) in [7, 11) is 1.68. The summed E-state index contributed by atoms with van der Waals surface area (Å²) in [6.45, 7) is 1.18. The molecule has 168 valence electrons. The van der Waals surface area contributed by atoms with Gasteiger partial charge in [-0.2, -0.15) is 8.78 Å². The van der Waals surface area contributed by atoms with Crippen LogP contribution in [0.25, 0.3) is 0 Å². The molecule has 0 saturated carbocycles. The maximum atomic E-state index is 12.5. The molecule has 1 saturated heterocycles. The van der Waals surface area contributed by atoms with Gasteiger partial charge in [0.2, 0.25) is 0 Å². The van der Waals surface area contributed by atoms with Crippen molar-refractivity contribution < 1.29 is 38.1 Å². The minimum Gasteiger partial charge on any atom is -0.478 e. The number of carbonyl (C=O) groups is 2. The largest absolute Gasteiger partial charge is 0.478 e. The third-order valence-electron chi connectivity index (χ3n) is 4.34. The standard InChI is InChI=1S/C16H24F2N2O2.C4H4O4/c1-21-11-10-20(14-6-8-19-9-7-14)12-13-4-2-3-5-15(13)22-16(17)18;5-3(6)1-2-4(7)8/h2-5,14,16,19H,6-12H2,1H3;1-2H,(H,5,6)(H,7,8)/b;2-1+. The summed E-state index contributed by atoms with van der Waals surface area (Å²) in [6, 6.07) is 7.45. The molecule has 1 aromatic rings. The lowest BCUT2D eigenvalue weighted by molar-refractivity contribution is -0.134. The number of alkyl halides is 2. The van der Waals surface area contributed by atoms with Gasteiger partial charge in [0.25, 0.3) is 0 Å². The van der Waals surface area contributed by atoms with E-state index in [4.69, 9.17) is 14.9 Å². The van der Waals surface area contributed by atoms with Gasteiger partial charge in [-0.3, -0.25) is 4.90 Å². The molecule has 1 aliphatic heterocycles. The Morgan fingerprint density at radius 2 is 1.80 bits per heavy atom. The first kappa shape index (κ1) is 25.5. The minimum atomic E-state index is -2.80. The summed E-state index contributed by atoms with van der Waals surface area (Å²) < 4.78 is 34.9. The van der Waals surface area contributed by atoms with Crippen LogP contribution in [0.4, 0.5) is 8.78 Å². The Hall–Kier alpha value is -2.56. The van der Waals surface area contributed by atoms with Crippen molar-refractivity contribution in [2.75, 3.05) is 33.4 Å². The van der Waals surface area contributed by atoms with E-state index in [1.165, 1.54) is 0 Å². The maximum absolute atomic E-state index is 12.5. The molecule has 8 nitrogen and oxygen atoms in total. The number of para-hydroxylation sites is 1. The number of hydrogen-bond donors (Lipinski definition) is 3. The minimum absolute atomic E-state index is 0.258. The van der Waals surface area contributed by atoms with Crippen LogP contribution in [0, 0.1) is 0 Å². The van der Waals surface area contributed by atoms with Crippen LogP contribution in [0.1, 0.15) is 18.4 Å². The number of rotatable bonds is 10. The van der Waals surface area contributed by atoms with Crippen LogP contribution in [-0.4, -0.2) is 73.1 Å². The third kappa shape index (κ3) is 10.8. The quantitative estimate of drug-likeness (QED) is 0.485. The van der Waals surface area contributed by atoms with Crippen molar-refractivity contribution in [1.82, 2.24) is 10.2 Å². The van der Waals surface area contributed by atoms with Gasteiger partial charge in [0.1, 0.15) is 5.75 Å². The van der Waals surface area contributed by atoms with Crippen molar-refractivity contribution in [3.8, 4) is 5.75 Å². The van der Waals surface area contributed by atoms with Gasteiger partial charge in [-0.25, -0.2) is 9.59 Å². The van der Waals surface area contributed by atoms with Crippen LogP contribution in [0.15, 0.2) is 36.4 Å². The van der Waals surface area contributed by atoms with Gasteiger partial charge in [-0.15, -0.1) is 0 Å². The first-order valence-corrected chi connectivity index (χ1v) is 9.43. The highest BCUT2D eigenvalue weighted by molar-refractivity contribution is 5.89. The monoisotopic (exact) mass is 430 g/mol. The van der Waals surface area contributed by atoms with E-state index >= 15 is 0 Å². The van der Waals surface area contributed by atoms with Gasteiger partial charge < -0.3 is 25.0 Å². The van der Waals surface area contributed by atoms with E-state index in [-0.39, 0.29) is 5.75 Å². The first-order chi connectivity index (χ1) is 14.3. The molecule has 0 amide bonds. The SMILES string of the molecule is COCCN(Cc1ccccc1OC(F)F)C1CCNCC1.O=C(O)/C=C/C(=O)O. The molecular weight excluding hydrogens is 402 g/mol. The first-order valence-electron chi connectivity index (χ1n) is 9.43. The van der Waals surface area contributed by atoms with Crippen LogP contribution in [-0.2, 0) is 20.9 Å². The van der Waals surface area contributed by atoms with E-state index in [1.54, 1.807) is 19.2 Å². The summed E-state index contributed by atoms with van der Waals surface area (Å²) in [5, 5.41) is 19.0. The van der Waals surface area contributed by atoms with Crippen LogP contribution in [0.2, 0.25) is 0 Å². The highest BCUT2D eigenvalue weighted by Crippen LogP contribution is 2.24. The topological polar surface area (TPSA) is 108 Å². The Bertz CT molecular complexity index is 665. The second-order valence-corrected chi connectivity index (χ2v) is 6.44. The average molecular weight is 430 g/mol. The van der Waals surface area contributed by atoms with Crippen molar-refractivity contribution in [3.05, 3.63) is 42.0 Å². The number of benzene rings is 1. The number of piperidine rings is 1. The highest BCUT2D eigenvalue weighted by atomic mass is 19.3. The number of hydrogen-bond acceptors (Lipinski definition) is 6. The molecule has 1 fully saturated rings. The van der Waals surface area contributed by atoms with Crippen molar-refractivity contribution in [2.45, 2.75) is 32.0 Å². The lowest BCUT2D eigenvalue weighted by Crippen LogP contribution is -2.44. The zero-order chi connectivity index (χ0) is 22.4. The third-order valence-corrected chi connectivity index (χ3v) is 4.34. The number of carboxylic acids is 2. The molecule has 2 rings (SSSR count). The van der Waals surface area contributed by atoms with Crippen molar-refractivity contribution in [2.24, 2.45) is 0 Å². The fourth-order valence-electron chi connectivity index (χ4n) is 2.98. The summed E-state index contributed by atoms with van der Waals surface area (Å²) in [4.78, 5) is 21.4. The number of methoxy groups -OCH3 is 1. The zero-order valence-corrected chi connectivity index (χ0v) is 16.8. The molecule has 0 spiro atoms. The molecule has 1 heterocycles. The summed E-state index contributed by atoms with van der Waals surface area (Å²) in [5.41, 5.74) is 0.789. The lowest BCUT2D eigenvalue weighted by Gasteiger charge is -2.34. The molecule has 0 bridgehead atoms. The van der Waals surface area contributed by atoms with Crippen molar-refractivity contribution in [3.63, 3.8) is 0 Å². The van der Waals surface area contributed by atoms with Gasteiger partial charge in [-0.05, 0) is 32.0 Å². The molecule has 30 heavy (non-hydrogen) atoms. The highest BCUT2D eigenvalue weighted by Gasteiger charge is 2.22. The second-order valence-electron chi connectivity index (χ2n) is 6.44. The number of ether oxygens (including phenoxy) is 2. The molecule has 3 N–H and O–H groups in total. The molecule has 1 aromatic carbocycles. The van der Waals surface area contributed by atoms with Crippen molar-refractivity contribution >= 4 is 11.9 Å². The lowest BCUT2D eigenvalue weighted by atomic mass is 10.0. The fourth-order valence-corrected chi connectivity index (χ4v) is 2.98. The van der Waals surface area contributed by atoms with Gasteiger partial charge in [0, 0.05) is 44.0 Å². The van der Waals surface area contributed by atoms with Crippen LogP contribution in [0.5, 0.6) is 5.75 Å². The predicted molar refractivity (Wildman–Crippen MR) is 106 cm³/mol. The van der Waals surface area contributed by atoms with Gasteiger partial charge in [0.15, 0.2) is 0 Å². The summed E-state index contributed by atoms with van der Waals surface area (Å²) in [5.74, 6) is -2.26. The molecule has 0 aromatic heterocycles. The van der Waals surface area contributed by atoms with E-state index in [0.29, 0.717) is 31.3 Å². The van der Waals surface area contributed by atoms with E-state index in [2.05, 4.69) is 15.0 Å². The van der Waals surface area contributed by atoms with Gasteiger partial charge in [-0.1, -0.05) is 18.2 Å². The smallest absolute Gasteiger partial charge is 0.387 e. The van der Waals surface area contributed by atoms with Gasteiger partial charge >= 0.3 is 18.6 Å². The molecular formula is C20H28F2N2O6. The van der Waals surface area contributed by atoms with Crippen LogP contribution < -0.4 is 10.1 Å². The van der Waals surface area contributed by atoms with E-state index in [0.717, 1.165) is 38.0 Å². The normalized spacial score (nSPS) is 14.6. The van der Waals surface area contributed by atoms with E-state index in [1.807, 2.05) is 12.1 Å². The number of aliphatic carboxylic acids is 2. The fraction of sp³-hybridized carbons (Fsp3) is 0.500. The maximum Gasteiger partial charge on any atom is 0.387 e. The molecule has 0 aliphatic carbocycles. The summed E-state index contributed by atoms with van der Waals surface area (Å²) in [6.07, 6.45) is 3.23. The van der Waals surface area contributed by atoms with E-state index in [9.17, 15) is 18.4 Å². The predicted octanol–water partition coefficient (Wildman–Crippen LogP) is 2.20. The zero-order valence-electron chi connectivity index (χ0n) is 16.8. The molecule has 1 aliphatic rings. The Morgan fingerprint density at radius 1 is 1.20 bits per heavy atom. The van der Waals surface area contributed by atoms with Crippen LogP contribution >= 0.6 is 0 Å². The van der Waals surface area contributed by atoms with Gasteiger partial charge in [0.05, 0.1) is 6.61 Å². The summed E-state index contributed by atoms with van der Waals surface area (Å²) >= 11 is 0. The van der Waals surface area contributed by atoms with E-state index < -0.39 is 18.6 Å². The van der Waals surface area contributed by atoms with Crippen molar-refractivity contribution in [1.29, 1.82) is 0 Å². The second kappa shape index (κ2) is 14.4. The number of carboxylic acid groups (broad SMARTS) is 2. The Morgan fingerprint density at radius 3 is 2.33 bits per heavy atom. The van der Waals surface area contributed by atoms with Crippen LogP contribution in [0.3, 0.4) is 0 Å². The molecule has 0 radical (unpaired) electrons. The number of halogens is 2. The Kier molecular flexibility index (Phi) is 12.3. The Balaban J connectivity index is 0.000000479. The molecule has 0 unspecified atom stereocenters. The Labute approximate surface area is 174 Å².